The number of ether oxygens (including phenoxy) is 3. The summed E-state index contributed by atoms with van der Waals surface area (Å²) >= 11 is 0. The fourth-order valence-corrected chi connectivity index (χ4v) is 0.979. The molecule has 1 atom stereocenters. The van der Waals surface area contributed by atoms with Gasteiger partial charge in [0.25, 0.3) is 0 Å². The van der Waals surface area contributed by atoms with Gasteiger partial charge >= 0.3 is 0 Å². The van der Waals surface area contributed by atoms with Crippen LogP contribution in [0, 0.1) is 0 Å². The predicted octanol–water partition coefficient (Wildman–Crippen LogP) is 0.749. The number of hydrogen-bond donors (Lipinski definition) is 1. The molecule has 1 unspecified atom stereocenters. The van der Waals surface area contributed by atoms with Crippen molar-refractivity contribution in [2.24, 2.45) is 5.73 Å². The van der Waals surface area contributed by atoms with E-state index in [1.165, 1.54) is 0 Å². The predicted molar refractivity (Wildman–Crippen MR) is 51.5 cm³/mol. The third-order valence-electron chi connectivity index (χ3n) is 2.01. The first-order valence-electron chi connectivity index (χ1n) is 4.63. The zero-order valence-corrected chi connectivity index (χ0v) is 9.00. The molecule has 0 aromatic rings. The molecule has 4 heteroatoms. The molecule has 0 amide bonds. The van der Waals surface area contributed by atoms with Crippen LogP contribution in [0.2, 0.25) is 0 Å². The molecular formula is C9H21NO3. The largest absolute Gasteiger partial charge is 0.372 e. The van der Waals surface area contributed by atoms with Crippen molar-refractivity contribution in [3.63, 3.8) is 0 Å². The Morgan fingerprint density at radius 2 is 1.69 bits per heavy atom. The van der Waals surface area contributed by atoms with Gasteiger partial charge in [-0.2, -0.15) is 0 Å². The Hall–Kier alpha value is -0.160. The van der Waals surface area contributed by atoms with Gasteiger partial charge in [0.1, 0.15) is 5.60 Å². The summed E-state index contributed by atoms with van der Waals surface area (Å²) in [7, 11) is 1.61. The number of hydrogen-bond acceptors (Lipinski definition) is 4. The molecule has 0 aliphatic rings. The van der Waals surface area contributed by atoms with Crippen molar-refractivity contribution >= 4 is 0 Å². The van der Waals surface area contributed by atoms with Gasteiger partial charge in [0, 0.05) is 26.9 Å². The molecule has 0 bridgehead atoms. The van der Waals surface area contributed by atoms with Crippen molar-refractivity contribution in [2.75, 3.05) is 26.9 Å². The molecule has 0 spiro atoms. The molecule has 0 aromatic heterocycles. The maximum atomic E-state index is 5.59. The molecule has 0 fully saturated rings. The Kier molecular flexibility index (Phi) is 6.24. The summed E-state index contributed by atoms with van der Waals surface area (Å²) < 4.78 is 16.1. The molecule has 0 radical (unpaired) electrons. The van der Waals surface area contributed by atoms with Gasteiger partial charge in [0.05, 0.1) is 0 Å². The Morgan fingerprint density at radius 1 is 1.23 bits per heavy atom. The third-order valence-corrected chi connectivity index (χ3v) is 2.01. The van der Waals surface area contributed by atoms with Crippen molar-refractivity contribution in [2.45, 2.75) is 32.7 Å². The summed E-state index contributed by atoms with van der Waals surface area (Å²) in [5.41, 5.74) is 5.03. The molecule has 0 aliphatic carbocycles. The second-order valence-electron chi connectivity index (χ2n) is 2.96. The van der Waals surface area contributed by atoms with Crippen LogP contribution in [0.25, 0.3) is 0 Å². The summed E-state index contributed by atoms with van der Waals surface area (Å²) in [5.74, 6) is 0. The highest BCUT2D eigenvalue weighted by Crippen LogP contribution is 2.17. The monoisotopic (exact) mass is 191 g/mol. The van der Waals surface area contributed by atoms with Crippen LogP contribution in [0.5, 0.6) is 0 Å². The minimum absolute atomic E-state index is 0.369. The highest BCUT2D eigenvalue weighted by Gasteiger charge is 2.34. The first-order chi connectivity index (χ1) is 6.14. The van der Waals surface area contributed by atoms with Crippen molar-refractivity contribution in [3.05, 3.63) is 0 Å². The topological polar surface area (TPSA) is 53.7 Å². The lowest BCUT2D eigenvalue weighted by Gasteiger charge is -2.34. The normalized spacial score (nSPS) is 16.2. The molecule has 0 aromatic carbocycles. The lowest BCUT2D eigenvalue weighted by molar-refractivity contribution is -0.234. The fourth-order valence-electron chi connectivity index (χ4n) is 0.979. The Morgan fingerprint density at radius 3 is 1.92 bits per heavy atom. The van der Waals surface area contributed by atoms with Gasteiger partial charge in [-0.1, -0.05) is 0 Å². The second-order valence-corrected chi connectivity index (χ2v) is 2.96. The zero-order chi connectivity index (χ0) is 10.3. The minimum atomic E-state index is -0.563. The molecule has 4 nitrogen and oxygen atoms in total. The lowest BCUT2D eigenvalue weighted by atomic mass is 10.1. The van der Waals surface area contributed by atoms with E-state index < -0.39 is 11.9 Å². The van der Waals surface area contributed by atoms with Crippen LogP contribution in [-0.4, -0.2) is 38.8 Å². The zero-order valence-electron chi connectivity index (χ0n) is 9.00. The molecule has 13 heavy (non-hydrogen) atoms. The molecule has 2 N–H and O–H groups in total. The SMILES string of the molecule is CCOC(OCC)C(C)(CN)OC. The molecule has 0 aliphatic heterocycles. The quantitative estimate of drug-likeness (QED) is 0.603. The van der Waals surface area contributed by atoms with Crippen LogP contribution in [-0.2, 0) is 14.2 Å². The standard InChI is InChI=1S/C9H21NO3/c1-5-12-8(13-6-2)9(3,7-10)11-4/h8H,5-7,10H2,1-4H3. The molecule has 0 saturated carbocycles. The first kappa shape index (κ1) is 12.8. The minimum Gasteiger partial charge on any atom is -0.372 e. The van der Waals surface area contributed by atoms with Crippen LogP contribution in [0.1, 0.15) is 20.8 Å². The number of rotatable bonds is 7. The van der Waals surface area contributed by atoms with E-state index in [1.54, 1.807) is 7.11 Å². The van der Waals surface area contributed by atoms with Crippen LogP contribution in [0.4, 0.5) is 0 Å². The van der Waals surface area contributed by atoms with E-state index in [0.29, 0.717) is 19.8 Å². The smallest absolute Gasteiger partial charge is 0.187 e. The second kappa shape index (κ2) is 6.32. The van der Waals surface area contributed by atoms with Crippen molar-refractivity contribution in [1.29, 1.82) is 0 Å². The van der Waals surface area contributed by atoms with E-state index in [0.717, 1.165) is 0 Å². The Labute approximate surface area is 80.3 Å². The van der Waals surface area contributed by atoms with Crippen molar-refractivity contribution in [3.8, 4) is 0 Å². The van der Waals surface area contributed by atoms with Gasteiger partial charge in [0.2, 0.25) is 0 Å². The maximum Gasteiger partial charge on any atom is 0.187 e. The lowest BCUT2D eigenvalue weighted by Crippen LogP contribution is -2.50. The van der Waals surface area contributed by atoms with E-state index in [-0.39, 0.29) is 0 Å². The third kappa shape index (κ3) is 3.60. The number of methoxy groups -OCH3 is 1. The van der Waals surface area contributed by atoms with Crippen LogP contribution in [0.3, 0.4) is 0 Å². The Bertz CT molecular complexity index is 120. The van der Waals surface area contributed by atoms with Crippen LogP contribution >= 0.6 is 0 Å². The maximum absolute atomic E-state index is 5.59. The molecule has 0 saturated heterocycles. The summed E-state index contributed by atoms with van der Waals surface area (Å²) in [6.45, 7) is 7.25. The molecular weight excluding hydrogens is 170 g/mol. The van der Waals surface area contributed by atoms with Crippen LogP contribution < -0.4 is 5.73 Å². The van der Waals surface area contributed by atoms with Crippen molar-refractivity contribution in [1.82, 2.24) is 0 Å². The number of nitrogens with two attached hydrogens (primary N) is 1. The molecule has 0 heterocycles. The van der Waals surface area contributed by atoms with E-state index in [1.807, 2.05) is 20.8 Å². The fraction of sp³-hybridized carbons (Fsp3) is 1.00. The summed E-state index contributed by atoms with van der Waals surface area (Å²) in [6.07, 6.45) is -0.391. The van der Waals surface area contributed by atoms with E-state index in [9.17, 15) is 0 Å². The van der Waals surface area contributed by atoms with Gasteiger partial charge < -0.3 is 19.9 Å². The van der Waals surface area contributed by atoms with Crippen molar-refractivity contribution < 1.29 is 14.2 Å². The molecule has 0 rings (SSSR count). The van der Waals surface area contributed by atoms with E-state index in [2.05, 4.69) is 0 Å². The molecule has 80 valence electrons. The van der Waals surface area contributed by atoms with Crippen LogP contribution in [0.15, 0.2) is 0 Å². The average molecular weight is 191 g/mol. The van der Waals surface area contributed by atoms with Gasteiger partial charge in [-0.15, -0.1) is 0 Å². The Balaban J connectivity index is 4.28. The first-order valence-corrected chi connectivity index (χ1v) is 4.63. The summed E-state index contributed by atoms with van der Waals surface area (Å²) in [5, 5.41) is 0. The summed E-state index contributed by atoms with van der Waals surface area (Å²) in [4.78, 5) is 0. The average Bonchev–Trinajstić information content (AvgIpc) is 2.16. The van der Waals surface area contributed by atoms with E-state index in [4.69, 9.17) is 19.9 Å². The van der Waals surface area contributed by atoms with Gasteiger partial charge in [0.15, 0.2) is 6.29 Å². The van der Waals surface area contributed by atoms with Gasteiger partial charge in [-0.25, -0.2) is 0 Å². The highest BCUT2D eigenvalue weighted by atomic mass is 16.7. The van der Waals surface area contributed by atoms with E-state index >= 15 is 0 Å². The highest BCUT2D eigenvalue weighted by molar-refractivity contribution is 4.80. The van der Waals surface area contributed by atoms with Gasteiger partial charge in [-0.3, -0.25) is 0 Å². The summed E-state index contributed by atoms with van der Waals surface area (Å²) in [6, 6.07) is 0. The van der Waals surface area contributed by atoms with Gasteiger partial charge in [-0.05, 0) is 20.8 Å².